The van der Waals surface area contributed by atoms with Gasteiger partial charge in [0.25, 0.3) is 0 Å². The van der Waals surface area contributed by atoms with Crippen molar-refractivity contribution in [3.8, 4) is 0 Å². The average Bonchev–Trinajstić information content (AvgIpc) is 2.19. The number of thiol groups is 1. The highest BCUT2D eigenvalue weighted by molar-refractivity contribution is 7.80. The van der Waals surface area contributed by atoms with Crippen molar-refractivity contribution in [2.45, 2.75) is 19.8 Å². The predicted molar refractivity (Wildman–Crippen MR) is 62.7 cm³/mol. The molecule has 1 rings (SSSR count). The highest BCUT2D eigenvalue weighted by Gasteiger charge is 2.30. The molecule has 1 aliphatic heterocycles. The van der Waals surface area contributed by atoms with E-state index in [1.165, 1.54) is 0 Å². The van der Waals surface area contributed by atoms with E-state index in [0.29, 0.717) is 11.6 Å². The average molecular weight is 230 g/mol. The molecule has 5 heteroatoms. The molecule has 1 atom stereocenters. The number of carboxylic acids is 1. The first kappa shape index (κ1) is 12.4. The maximum atomic E-state index is 10.9. The Labute approximate surface area is 95.6 Å². The third kappa shape index (κ3) is 3.12. The van der Waals surface area contributed by atoms with Gasteiger partial charge in [-0.25, -0.2) is 0 Å². The van der Waals surface area contributed by atoms with Crippen LogP contribution >= 0.6 is 12.6 Å². The molecule has 0 spiro atoms. The van der Waals surface area contributed by atoms with Gasteiger partial charge in [-0.3, -0.25) is 10.2 Å². The molecule has 1 unspecified atom stereocenters. The number of carboxylic acid groups (broad SMARTS) is 1. The van der Waals surface area contributed by atoms with Gasteiger partial charge >= 0.3 is 5.97 Å². The molecule has 4 nitrogen and oxygen atoms in total. The molecule has 1 heterocycles. The quantitative estimate of drug-likeness (QED) is 0.389. The van der Waals surface area contributed by atoms with Crippen molar-refractivity contribution in [2.75, 3.05) is 18.8 Å². The first-order valence-corrected chi connectivity index (χ1v) is 5.83. The number of nitrogens with zero attached hydrogens (tertiary/aromatic N) is 1. The Morgan fingerprint density at radius 3 is 2.47 bits per heavy atom. The van der Waals surface area contributed by atoms with E-state index in [9.17, 15) is 4.79 Å². The van der Waals surface area contributed by atoms with Crippen LogP contribution in [-0.4, -0.2) is 40.7 Å². The maximum absolute atomic E-state index is 10.9. The van der Waals surface area contributed by atoms with Gasteiger partial charge in [0.2, 0.25) is 0 Å². The molecule has 1 saturated heterocycles. The predicted octanol–water partition coefficient (Wildman–Crippen LogP) is 1.33. The number of likely N-dealkylation sites (tertiary alicyclic amines) is 1. The minimum absolute atomic E-state index is 0.218. The second kappa shape index (κ2) is 5.39. The minimum atomic E-state index is -0.741. The smallest absolute Gasteiger partial charge is 0.307 e. The topological polar surface area (TPSA) is 64.4 Å². The van der Waals surface area contributed by atoms with E-state index in [1.807, 2.05) is 4.90 Å². The molecule has 1 aliphatic rings. The zero-order valence-corrected chi connectivity index (χ0v) is 9.83. The molecule has 0 aliphatic carbocycles. The SMILES string of the molecule is CC(=N)N1CCC(C(CS)C(=O)O)CC1. The van der Waals surface area contributed by atoms with Crippen LogP contribution in [0.25, 0.3) is 0 Å². The summed E-state index contributed by atoms with van der Waals surface area (Å²) in [7, 11) is 0. The maximum Gasteiger partial charge on any atom is 0.307 e. The van der Waals surface area contributed by atoms with Crippen molar-refractivity contribution in [1.82, 2.24) is 4.90 Å². The molecule has 0 aromatic heterocycles. The van der Waals surface area contributed by atoms with E-state index in [2.05, 4.69) is 12.6 Å². The van der Waals surface area contributed by atoms with Crippen molar-refractivity contribution in [1.29, 1.82) is 5.41 Å². The van der Waals surface area contributed by atoms with Crippen molar-refractivity contribution in [2.24, 2.45) is 11.8 Å². The number of rotatable bonds is 3. The first-order chi connectivity index (χ1) is 7.06. The van der Waals surface area contributed by atoms with Gasteiger partial charge in [-0.05, 0) is 25.7 Å². The fourth-order valence-electron chi connectivity index (χ4n) is 2.07. The molecule has 2 N–H and O–H groups in total. The Morgan fingerprint density at radius 2 is 2.13 bits per heavy atom. The van der Waals surface area contributed by atoms with Crippen LogP contribution in [0.4, 0.5) is 0 Å². The standard InChI is InChI=1S/C10H18N2O2S/c1-7(11)12-4-2-8(3-5-12)9(6-15)10(13)14/h8-9,11,15H,2-6H2,1H3,(H,13,14). The Kier molecular flexibility index (Phi) is 4.45. The van der Waals surface area contributed by atoms with Crippen molar-refractivity contribution >= 4 is 24.4 Å². The van der Waals surface area contributed by atoms with E-state index in [-0.39, 0.29) is 11.8 Å². The molecule has 15 heavy (non-hydrogen) atoms. The summed E-state index contributed by atoms with van der Waals surface area (Å²) in [5, 5.41) is 16.5. The Bertz CT molecular complexity index is 250. The second-order valence-corrected chi connectivity index (χ2v) is 4.40. The molecule has 0 radical (unpaired) electrons. The van der Waals surface area contributed by atoms with Gasteiger partial charge in [-0.2, -0.15) is 12.6 Å². The summed E-state index contributed by atoms with van der Waals surface area (Å²) in [6.07, 6.45) is 1.71. The molecule has 0 bridgehead atoms. The lowest BCUT2D eigenvalue weighted by molar-refractivity contribution is -0.143. The number of amidine groups is 1. The molecule has 86 valence electrons. The minimum Gasteiger partial charge on any atom is -0.481 e. The van der Waals surface area contributed by atoms with Crippen LogP contribution in [0.15, 0.2) is 0 Å². The van der Waals surface area contributed by atoms with E-state index in [1.54, 1.807) is 6.92 Å². The molecular formula is C10H18N2O2S. The molecule has 0 aromatic rings. The Balaban J connectivity index is 2.49. The highest BCUT2D eigenvalue weighted by Crippen LogP contribution is 2.26. The summed E-state index contributed by atoms with van der Waals surface area (Å²) < 4.78 is 0. The molecule has 0 saturated carbocycles. The lowest BCUT2D eigenvalue weighted by atomic mass is 9.85. The largest absolute Gasteiger partial charge is 0.481 e. The number of hydrogen-bond acceptors (Lipinski definition) is 3. The second-order valence-electron chi connectivity index (χ2n) is 4.04. The van der Waals surface area contributed by atoms with E-state index >= 15 is 0 Å². The fourth-order valence-corrected chi connectivity index (χ4v) is 2.52. The zero-order chi connectivity index (χ0) is 11.4. The van der Waals surface area contributed by atoms with Gasteiger partial charge in [0, 0.05) is 18.8 Å². The van der Waals surface area contributed by atoms with Gasteiger partial charge < -0.3 is 10.0 Å². The summed E-state index contributed by atoms with van der Waals surface area (Å²) >= 11 is 4.09. The monoisotopic (exact) mass is 230 g/mol. The van der Waals surface area contributed by atoms with E-state index in [4.69, 9.17) is 10.5 Å². The number of nitrogens with one attached hydrogen (secondary N) is 1. The zero-order valence-electron chi connectivity index (χ0n) is 8.94. The van der Waals surface area contributed by atoms with Crippen LogP contribution in [0.2, 0.25) is 0 Å². The normalized spacial score (nSPS) is 20.0. The van der Waals surface area contributed by atoms with E-state index in [0.717, 1.165) is 25.9 Å². The van der Waals surface area contributed by atoms with E-state index < -0.39 is 5.97 Å². The van der Waals surface area contributed by atoms with Gasteiger partial charge in [-0.1, -0.05) is 0 Å². The molecule has 0 aromatic carbocycles. The van der Waals surface area contributed by atoms with Crippen LogP contribution in [-0.2, 0) is 4.79 Å². The Morgan fingerprint density at radius 1 is 1.60 bits per heavy atom. The third-order valence-electron chi connectivity index (χ3n) is 3.10. The van der Waals surface area contributed by atoms with Crippen molar-refractivity contribution in [3.05, 3.63) is 0 Å². The van der Waals surface area contributed by atoms with Crippen LogP contribution in [0.5, 0.6) is 0 Å². The van der Waals surface area contributed by atoms with Gasteiger partial charge in [0.05, 0.1) is 11.8 Å². The summed E-state index contributed by atoms with van der Waals surface area (Å²) in [5.74, 6) is 0.127. The van der Waals surface area contributed by atoms with Gasteiger partial charge in [-0.15, -0.1) is 0 Å². The molecule has 1 fully saturated rings. The highest BCUT2D eigenvalue weighted by atomic mass is 32.1. The number of carbonyl (C=O) groups is 1. The Hall–Kier alpha value is -0.710. The summed E-state index contributed by atoms with van der Waals surface area (Å²) in [6.45, 7) is 3.38. The van der Waals surface area contributed by atoms with Crippen molar-refractivity contribution < 1.29 is 9.90 Å². The van der Waals surface area contributed by atoms with Crippen molar-refractivity contribution in [3.63, 3.8) is 0 Å². The third-order valence-corrected chi connectivity index (χ3v) is 3.49. The lowest BCUT2D eigenvalue weighted by Gasteiger charge is -2.34. The number of hydrogen-bond donors (Lipinski definition) is 3. The summed E-state index contributed by atoms with van der Waals surface area (Å²) in [4.78, 5) is 12.9. The summed E-state index contributed by atoms with van der Waals surface area (Å²) in [6, 6.07) is 0. The van der Waals surface area contributed by atoms with Gasteiger partial charge in [0.1, 0.15) is 0 Å². The fraction of sp³-hybridized carbons (Fsp3) is 0.800. The molecular weight excluding hydrogens is 212 g/mol. The number of aliphatic carboxylic acids is 1. The van der Waals surface area contributed by atoms with Crippen LogP contribution < -0.4 is 0 Å². The summed E-state index contributed by atoms with van der Waals surface area (Å²) in [5.41, 5.74) is 0. The molecule has 0 amide bonds. The number of piperidine rings is 1. The first-order valence-electron chi connectivity index (χ1n) is 5.20. The van der Waals surface area contributed by atoms with Crippen LogP contribution in [0.3, 0.4) is 0 Å². The van der Waals surface area contributed by atoms with Crippen LogP contribution in [0, 0.1) is 17.2 Å². The lowest BCUT2D eigenvalue weighted by Crippen LogP contribution is -2.40. The van der Waals surface area contributed by atoms with Crippen LogP contribution in [0.1, 0.15) is 19.8 Å². The van der Waals surface area contributed by atoms with Gasteiger partial charge in [0.15, 0.2) is 0 Å².